The molecule has 110 valence electrons. The lowest BCUT2D eigenvalue weighted by Gasteiger charge is -1.96. The van der Waals surface area contributed by atoms with E-state index in [0.29, 0.717) is 5.56 Å². The first-order valence-corrected chi connectivity index (χ1v) is 7.65. The Morgan fingerprint density at radius 2 is 1.86 bits per heavy atom. The van der Waals surface area contributed by atoms with Gasteiger partial charge in [0, 0.05) is 6.07 Å². The minimum absolute atomic E-state index is 0.103. The van der Waals surface area contributed by atoms with E-state index in [9.17, 15) is 10.1 Å². The zero-order valence-corrected chi connectivity index (χ0v) is 13.1. The highest BCUT2D eigenvalue weighted by atomic mass is 32.1. The molecule has 0 unspecified atom stereocenters. The third-order valence-electron chi connectivity index (χ3n) is 3.56. The van der Waals surface area contributed by atoms with Crippen LogP contribution in [0.1, 0.15) is 21.7 Å². The lowest BCUT2D eigenvalue weighted by molar-refractivity contribution is -0.385. The number of hydrogen-bond donors (Lipinski definition) is 0. The predicted molar refractivity (Wildman–Crippen MR) is 91.1 cm³/mol. The molecule has 0 bridgehead atoms. The van der Waals surface area contributed by atoms with Crippen molar-refractivity contribution >= 4 is 39.4 Å². The molecule has 0 saturated heterocycles. The minimum Gasteiger partial charge on any atom is -0.258 e. The summed E-state index contributed by atoms with van der Waals surface area (Å²) in [5.41, 5.74) is 4.11. The van der Waals surface area contributed by atoms with Crippen LogP contribution in [0.25, 0.3) is 22.4 Å². The van der Waals surface area contributed by atoms with Gasteiger partial charge in [-0.15, -0.1) is 11.3 Å². The van der Waals surface area contributed by atoms with Crippen molar-refractivity contribution in [3.63, 3.8) is 0 Å². The molecule has 3 rings (SSSR count). The number of rotatable bonds is 3. The lowest BCUT2D eigenvalue weighted by atomic mass is 10.1. The number of hydrogen-bond acceptors (Lipinski definition) is 4. The summed E-state index contributed by atoms with van der Waals surface area (Å²) in [5.74, 6) is 0. The van der Waals surface area contributed by atoms with Crippen LogP contribution in [-0.4, -0.2) is 9.91 Å². The van der Waals surface area contributed by atoms with Crippen molar-refractivity contribution < 1.29 is 4.92 Å². The Balaban J connectivity index is 1.98. The van der Waals surface area contributed by atoms with Gasteiger partial charge in [-0.05, 0) is 55.3 Å². The fourth-order valence-corrected chi connectivity index (χ4v) is 3.18. The molecule has 2 aromatic carbocycles. The van der Waals surface area contributed by atoms with E-state index >= 15 is 0 Å². The molecule has 0 fully saturated rings. The molecular weight excluding hydrogens is 296 g/mol. The van der Waals surface area contributed by atoms with Crippen LogP contribution in [0.4, 0.5) is 5.69 Å². The number of aromatic nitrogens is 1. The molecule has 22 heavy (non-hydrogen) atoms. The van der Waals surface area contributed by atoms with Crippen molar-refractivity contribution in [2.45, 2.75) is 13.8 Å². The summed E-state index contributed by atoms with van der Waals surface area (Å²) < 4.78 is 1.13. The second kappa shape index (κ2) is 5.69. The molecule has 0 radical (unpaired) electrons. The highest BCUT2D eigenvalue weighted by Gasteiger charge is 2.10. The summed E-state index contributed by atoms with van der Waals surface area (Å²) in [6, 6.07) is 10.9. The molecule has 0 aliphatic carbocycles. The van der Waals surface area contributed by atoms with Gasteiger partial charge < -0.3 is 0 Å². The summed E-state index contributed by atoms with van der Waals surface area (Å²) in [7, 11) is 0. The Hall–Kier alpha value is -2.53. The Bertz CT molecular complexity index is 858. The minimum atomic E-state index is -0.370. The quantitative estimate of drug-likeness (QED) is 0.505. The first-order valence-electron chi connectivity index (χ1n) is 6.84. The maximum Gasteiger partial charge on any atom is 0.276 e. The lowest BCUT2D eigenvalue weighted by Crippen LogP contribution is -1.90. The van der Waals surface area contributed by atoms with E-state index in [1.807, 2.05) is 6.08 Å². The Kier molecular flexibility index (Phi) is 3.73. The molecule has 0 spiro atoms. The van der Waals surface area contributed by atoms with E-state index in [-0.39, 0.29) is 10.6 Å². The molecule has 5 heteroatoms. The van der Waals surface area contributed by atoms with Crippen molar-refractivity contribution in [1.29, 1.82) is 0 Å². The van der Waals surface area contributed by atoms with E-state index in [1.54, 1.807) is 35.6 Å². The van der Waals surface area contributed by atoms with Crippen LogP contribution in [0, 0.1) is 24.0 Å². The number of benzene rings is 2. The fraction of sp³-hybridized carbons (Fsp3) is 0.118. The van der Waals surface area contributed by atoms with Gasteiger partial charge >= 0.3 is 0 Å². The van der Waals surface area contributed by atoms with Crippen LogP contribution in [0.15, 0.2) is 36.4 Å². The van der Waals surface area contributed by atoms with Gasteiger partial charge in [-0.25, -0.2) is 4.98 Å². The highest BCUT2D eigenvalue weighted by molar-refractivity contribution is 7.19. The molecule has 0 atom stereocenters. The standard InChI is InChI=1S/C17H14N2O2S/c1-11-9-14-16(10-12(11)2)22-17(18-14)8-7-13-5-3-4-6-15(13)19(20)21/h3-10H,1-2H3. The smallest absolute Gasteiger partial charge is 0.258 e. The molecule has 0 saturated carbocycles. The third kappa shape index (κ3) is 2.76. The predicted octanol–water partition coefficient (Wildman–Crippen LogP) is 4.99. The summed E-state index contributed by atoms with van der Waals surface area (Å²) in [6.07, 6.45) is 3.58. The molecule has 1 heterocycles. The monoisotopic (exact) mass is 310 g/mol. The van der Waals surface area contributed by atoms with E-state index in [4.69, 9.17) is 0 Å². The van der Waals surface area contributed by atoms with Gasteiger partial charge in [-0.2, -0.15) is 0 Å². The van der Waals surface area contributed by atoms with Crippen LogP contribution in [0.2, 0.25) is 0 Å². The van der Waals surface area contributed by atoms with Crippen molar-refractivity contribution in [2.24, 2.45) is 0 Å². The number of aryl methyl sites for hydroxylation is 2. The van der Waals surface area contributed by atoms with Crippen molar-refractivity contribution in [1.82, 2.24) is 4.98 Å². The number of nitro benzene ring substituents is 1. The van der Waals surface area contributed by atoms with Gasteiger partial charge in [-0.1, -0.05) is 12.1 Å². The molecule has 0 amide bonds. The molecule has 3 aromatic rings. The summed E-state index contributed by atoms with van der Waals surface area (Å²) in [4.78, 5) is 15.2. The van der Waals surface area contributed by atoms with Gasteiger partial charge in [0.05, 0.1) is 20.7 Å². The van der Waals surface area contributed by atoms with Crippen LogP contribution >= 0.6 is 11.3 Å². The third-order valence-corrected chi connectivity index (χ3v) is 4.54. The Morgan fingerprint density at radius 1 is 1.14 bits per heavy atom. The van der Waals surface area contributed by atoms with Gasteiger partial charge in [0.1, 0.15) is 5.01 Å². The van der Waals surface area contributed by atoms with Crippen molar-refractivity contribution in [3.8, 4) is 0 Å². The first kappa shape index (κ1) is 14.4. The maximum atomic E-state index is 11.0. The number of nitro groups is 1. The fourth-order valence-electron chi connectivity index (χ4n) is 2.22. The number of para-hydroxylation sites is 1. The molecule has 0 aliphatic rings. The summed E-state index contributed by atoms with van der Waals surface area (Å²) >= 11 is 1.59. The average molecular weight is 310 g/mol. The van der Waals surface area contributed by atoms with E-state index < -0.39 is 0 Å². The number of thiazole rings is 1. The van der Waals surface area contributed by atoms with Crippen molar-refractivity contribution in [3.05, 3.63) is 68.2 Å². The molecular formula is C17H14N2O2S. The Labute approximate surface area is 131 Å². The van der Waals surface area contributed by atoms with Crippen molar-refractivity contribution in [2.75, 3.05) is 0 Å². The van der Waals surface area contributed by atoms with Crippen LogP contribution in [0.3, 0.4) is 0 Å². The average Bonchev–Trinajstić information content (AvgIpc) is 2.87. The van der Waals surface area contributed by atoms with E-state index in [2.05, 4.69) is 31.0 Å². The zero-order chi connectivity index (χ0) is 15.7. The van der Waals surface area contributed by atoms with Gasteiger partial charge in [0.15, 0.2) is 0 Å². The topological polar surface area (TPSA) is 56.0 Å². The zero-order valence-electron chi connectivity index (χ0n) is 12.2. The SMILES string of the molecule is Cc1cc2nc(C=Cc3ccccc3[N+](=O)[O-])sc2cc1C. The summed E-state index contributed by atoms with van der Waals surface area (Å²) in [6.45, 7) is 4.15. The van der Waals surface area contributed by atoms with Crippen LogP contribution in [-0.2, 0) is 0 Å². The van der Waals surface area contributed by atoms with Gasteiger partial charge in [0.2, 0.25) is 0 Å². The van der Waals surface area contributed by atoms with Gasteiger partial charge in [-0.3, -0.25) is 10.1 Å². The second-order valence-electron chi connectivity index (χ2n) is 5.11. The Morgan fingerprint density at radius 3 is 2.64 bits per heavy atom. The normalized spacial score (nSPS) is 11.4. The maximum absolute atomic E-state index is 11.0. The van der Waals surface area contributed by atoms with Crippen LogP contribution < -0.4 is 0 Å². The largest absolute Gasteiger partial charge is 0.276 e. The first-order chi connectivity index (χ1) is 10.5. The summed E-state index contributed by atoms with van der Waals surface area (Å²) in [5, 5.41) is 11.9. The van der Waals surface area contributed by atoms with Crippen LogP contribution in [0.5, 0.6) is 0 Å². The number of nitrogens with zero attached hydrogens (tertiary/aromatic N) is 2. The molecule has 0 aliphatic heterocycles. The molecule has 1 aromatic heterocycles. The molecule has 4 nitrogen and oxygen atoms in total. The van der Waals surface area contributed by atoms with E-state index in [0.717, 1.165) is 15.2 Å². The molecule has 0 N–H and O–H groups in total. The second-order valence-corrected chi connectivity index (χ2v) is 6.17. The highest BCUT2D eigenvalue weighted by Crippen LogP contribution is 2.27. The van der Waals surface area contributed by atoms with E-state index in [1.165, 1.54) is 17.2 Å². The number of fused-ring (bicyclic) bond motifs is 1. The van der Waals surface area contributed by atoms with Gasteiger partial charge in [0.25, 0.3) is 5.69 Å².